The molecule has 1 amide bonds. The van der Waals surface area contributed by atoms with Crippen LogP contribution in [0.4, 0.5) is 0 Å². The highest BCUT2D eigenvalue weighted by atomic mass is 16.5. The molecule has 0 aromatic heterocycles. The Labute approximate surface area is 129 Å². The van der Waals surface area contributed by atoms with Gasteiger partial charge in [0.15, 0.2) is 0 Å². The minimum atomic E-state index is -0.0564. The highest BCUT2D eigenvalue weighted by Gasteiger charge is 2.44. The monoisotopic (exact) mass is 296 g/mol. The standard InChI is InChI=1S/C17H32N2O2/c1-14(2)13-17(7-3-4-8-17)16(20)19-10-5-15(6-11-19)21-12-9-18/h14-15H,3-13,18H2,1-2H3. The van der Waals surface area contributed by atoms with Crippen LogP contribution >= 0.6 is 0 Å². The van der Waals surface area contributed by atoms with Gasteiger partial charge in [0, 0.05) is 25.0 Å². The van der Waals surface area contributed by atoms with Crippen molar-refractivity contribution in [2.45, 2.75) is 64.9 Å². The molecule has 0 bridgehead atoms. The fraction of sp³-hybridized carbons (Fsp3) is 0.941. The highest BCUT2D eigenvalue weighted by Crippen LogP contribution is 2.45. The van der Waals surface area contributed by atoms with Crippen LogP contribution in [-0.2, 0) is 9.53 Å². The third-order valence-corrected chi connectivity index (χ3v) is 5.01. The molecule has 1 saturated heterocycles. The minimum absolute atomic E-state index is 0.0564. The normalized spacial score (nSPS) is 23.0. The third-order valence-electron chi connectivity index (χ3n) is 5.01. The van der Waals surface area contributed by atoms with Gasteiger partial charge in [0.1, 0.15) is 0 Å². The maximum atomic E-state index is 13.0. The lowest BCUT2D eigenvalue weighted by Crippen LogP contribution is -2.48. The summed E-state index contributed by atoms with van der Waals surface area (Å²) in [6.45, 7) is 7.40. The largest absolute Gasteiger partial charge is 0.377 e. The molecule has 122 valence electrons. The molecule has 0 aromatic carbocycles. The van der Waals surface area contributed by atoms with E-state index in [9.17, 15) is 4.79 Å². The van der Waals surface area contributed by atoms with Crippen LogP contribution in [-0.4, -0.2) is 43.2 Å². The molecule has 1 aliphatic heterocycles. The van der Waals surface area contributed by atoms with Crippen molar-refractivity contribution >= 4 is 5.91 Å². The molecule has 0 atom stereocenters. The predicted molar refractivity (Wildman–Crippen MR) is 85.0 cm³/mol. The van der Waals surface area contributed by atoms with E-state index in [4.69, 9.17) is 10.5 Å². The Morgan fingerprint density at radius 3 is 2.43 bits per heavy atom. The Balaban J connectivity index is 1.90. The van der Waals surface area contributed by atoms with E-state index in [0.29, 0.717) is 31.1 Å². The SMILES string of the molecule is CC(C)CC1(C(=O)N2CCC(OCCN)CC2)CCCC1. The van der Waals surface area contributed by atoms with Crippen LogP contribution in [0.5, 0.6) is 0 Å². The summed E-state index contributed by atoms with van der Waals surface area (Å²) < 4.78 is 5.71. The van der Waals surface area contributed by atoms with E-state index in [1.807, 2.05) is 0 Å². The first-order valence-corrected chi connectivity index (χ1v) is 8.68. The van der Waals surface area contributed by atoms with Gasteiger partial charge in [0.25, 0.3) is 0 Å². The Morgan fingerprint density at radius 2 is 1.90 bits per heavy atom. The van der Waals surface area contributed by atoms with Gasteiger partial charge in [-0.1, -0.05) is 26.7 Å². The van der Waals surface area contributed by atoms with Crippen molar-refractivity contribution in [1.82, 2.24) is 4.90 Å². The van der Waals surface area contributed by atoms with Gasteiger partial charge in [-0.25, -0.2) is 0 Å². The van der Waals surface area contributed by atoms with E-state index in [0.717, 1.165) is 45.2 Å². The van der Waals surface area contributed by atoms with Crippen molar-refractivity contribution in [3.63, 3.8) is 0 Å². The molecule has 4 heteroatoms. The van der Waals surface area contributed by atoms with Crippen LogP contribution in [0.2, 0.25) is 0 Å². The Bertz CT molecular complexity index is 330. The zero-order valence-corrected chi connectivity index (χ0v) is 13.8. The van der Waals surface area contributed by atoms with Crippen LogP contribution in [0.1, 0.15) is 58.8 Å². The van der Waals surface area contributed by atoms with Gasteiger partial charge < -0.3 is 15.4 Å². The lowest BCUT2D eigenvalue weighted by Gasteiger charge is -2.39. The van der Waals surface area contributed by atoms with Crippen molar-refractivity contribution in [2.75, 3.05) is 26.2 Å². The van der Waals surface area contributed by atoms with Crippen LogP contribution in [0.3, 0.4) is 0 Å². The maximum Gasteiger partial charge on any atom is 0.228 e. The smallest absolute Gasteiger partial charge is 0.228 e. The molecular formula is C17H32N2O2. The summed E-state index contributed by atoms with van der Waals surface area (Å²) in [5.41, 5.74) is 5.42. The van der Waals surface area contributed by atoms with E-state index < -0.39 is 0 Å². The molecule has 0 spiro atoms. The van der Waals surface area contributed by atoms with Crippen molar-refractivity contribution < 1.29 is 9.53 Å². The summed E-state index contributed by atoms with van der Waals surface area (Å²) in [6, 6.07) is 0. The summed E-state index contributed by atoms with van der Waals surface area (Å²) in [5, 5.41) is 0. The van der Waals surface area contributed by atoms with E-state index in [1.165, 1.54) is 12.8 Å². The number of nitrogens with zero attached hydrogens (tertiary/aromatic N) is 1. The topological polar surface area (TPSA) is 55.6 Å². The Morgan fingerprint density at radius 1 is 1.29 bits per heavy atom. The number of rotatable bonds is 6. The number of hydrogen-bond acceptors (Lipinski definition) is 3. The maximum absolute atomic E-state index is 13.0. The molecular weight excluding hydrogens is 264 g/mol. The molecule has 0 aromatic rings. The zero-order chi connectivity index (χ0) is 15.3. The van der Waals surface area contributed by atoms with Crippen molar-refractivity contribution in [3.8, 4) is 0 Å². The zero-order valence-electron chi connectivity index (χ0n) is 13.8. The van der Waals surface area contributed by atoms with Crippen molar-refractivity contribution in [2.24, 2.45) is 17.1 Å². The molecule has 2 aliphatic rings. The van der Waals surface area contributed by atoms with E-state index in [1.54, 1.807) is 0 Å². The predicted octanol–water partition coefficient (Wildman–Crippen LogP) is 2.56. The summed E-state index contributed by atoms with van der Waals surface area (Å²) in [5.74, 6) is 1.02. The summed E-state index contributed by atoms with van der Waals surface area (Å²) >= 11 is 0. The molecule has 1 aliphatic carbocycles. The van der Waals surface area contributed by atoms with Crippen LogP contribution < -0.4 is 5.73 Å². The molecule has 0 unspecified atom stereocenters. The first-order valence-electron chi connectivity index (χ1n) is 8.68. The molecule has 21 heavy (non-hydrogen) atoms. The summed E-state index contributed by atoms with van der Waals surface area (Å²) in [6.07, 6.45) is 7.88. The highest BCUT2D eigenvalue weighted by molar-refractivity contribution is 5.83. The van der Waals surface area contributed by atoms with E-state index in [-0.39, 0.29) is 5.41 Å². The van der Waals surface area contributed by atoms with E-state index in [2.05, 4.69) is 18.7 Å². The third kappa shape index (κ3) is 4.19. The van der Waals surface area contributed by atoms with Gasteiger partial charge in [-0.3, -0.25) is 4.79 Å². The molecule has 2 fully saturated rings. The first kappa shape index (κ1) is 16.8. The van der Waals surface area contributed by atoms with Gasteiger partial charge in [-0.05, 0) is 38.0 Å². The second-order valence-corrected chi connectivity index (χ2v) is 7.24. The number of carbonyl (C=O) groups excluding carboxylic acids is 1. The van der Waals surface area contributed by atoms with Gasteiger partial charge >= 0.3 is 0 Å². The number of likely N-dealkylation sites (tertiary alicyclic amines) is 1. The average Bonchev–Trinajstić information content (AvgIpc) is 2.93. The lowest BCUT2D eigenvalue weighted by atomic mass is 9.77. The van der Waals surface area contributed by atoms with Crippen LogP contribution in [0.15, 0.2) is 0 Å². The number of amides is 1. The Kier molecular flexibility index (Phi) is 6.06. The fourth-order valence-electron chi connectivity index (χ4n) is 4.13. The van der Waals surface area contributed by atoms with Crippen LogP contribution in [0, 0.1) is 11.3 Å². The second-order valence-electron chi connectivity index (χ2n) is 7.24. The molecule has 4 nitrogen and oxygen atoms in total. The summed E-state index contributed by atoms with van der Waals surface area (Å²) in [7, 11) is 0. The summed E-state index contributed by atoms with van der Waals surface area (Å²) in [4.78, 5) is 15.2. The molecule has 1 saturated carbocycles. The number of piperidine rings is 1. The molecule has 2 N–H and O–H groups in total. The van der Waals surface area contributed by atoms with E-state index >= 15 is 0 Å². The molecule has 1 heterocycles. The first-order chi connectivity index (χ1) is 10.1. The van der Waals surface area contributed by atoms with Crippen molar-refractivity contribution in [1.29, 1.82) is 0 Å². The van der Waals surface area contributed by atoms with Gasteiger partial charge in [0.2, 0.25) is 5.91 Å². The molecule has 2 rings (SSSR count). The average molecular weight is 296 g/mol. The second kappa shape index (κ2) is 7.59. The number of carbonyl (C=O) groups is 1. The van der Waals surface area contributed by atoms with Crippen LogP contribution in [0.25, 0.3) is 0 Å². The fourth-order valence-corrected chi connectivity index (χ4v) is 4.13. The molecule has 0 radical (unpaired) electrons. The van der Waals surface area contributed by atoms with Crippen molar-refractivity contribution in [3.05, 3.63) is 0 Å². The lowest BCUT2D eigenvalue weighted by molar-refractivity contribution is -0.145. The Hall–Kier alpha value is -0.610. The number of nitrogens with two attached hydrogens (primary N) is 1. The minimum Gasteiger partial charge on any atom is -0.377 e. The number of hydrogen-bond donors (Lipinski definition) is 1. The van der Waals surface area contributed by atoms with Gasteiger partial charge in [-0.15, -0.1) is 0 Å². The number of ether oxygens (including phenoxy) is 1. The van der Waals surface area contributed by atoms with Gasteiger partial charge in [-0.2, -0.15) is 0 Å². The van der Waals surface area contributed by atoms with Gasteiger partial charge in [0.05, 0.1) is 12.7 Å². The quantitative estimate of drug-likeness (QED) is 0.819.